The predicted molar refractivity (Wildman–Crippen MR) is 45.9 cm³/mol. The molecule has 4 heteroatoms. The van der Waals surface area contributed by atoms with Crippen molar-refractivity contribution in [3.63, 3.8) is 0 Å². The van der Waals surface area contributed by atoms with E-state index in [2.05, 4.69) is 20.9 Å². The molecule has 10 heavy (non-hydrogen) atoms. The summed E-state index contributed by atoms with van der Waals surface area (Å²) in [5.74, 6) is 0.953. The zero-order valence-electron chi connectivity index (χ0n) is 5.14. The highest BCUT2D eigenvalue weighted by Gasteiger charge is 1.97. The molecule has 2 N–H and O–H groups in total. The SMILES string of the molecule is Nc1cc(Br)c(CCl)cn1. The van der Waals surface area contributed by atoms with Crippen molar-refractivity contribution in [1.29, 1.82) is 0 Å². The number of aromatic nitrogens is 1. The molecule has 1 aromatic rings. The van der Waals surface area contributed by atoms with E-state index in [4.69, 9.17) is 17.3 Å². The summed E-state index contributed by atoms with van der Waals surface area (Å²) >= 11 is 8.88. The molecule has 0 spiro atoms. The first-order valence-corrected chi connectivity index (χ1v) is 4.02. The monoisotopic (exact) mass is 220 g/mol. The molecule has 1 aromatic heterocycles. The Bertz CT molecular complexity index is 239. The van der Waals surface area contributed by atoms with Crippen LogP contribution in [0.5, 0.6) is 0 Å². The Morgan fingerprint density at radius 2 is 2.40 bits per heavy atom. The Labute approximate surface area is 72.5 Å². The minimum Gasteiger partial charge on any atom is -0.384 e. The molecular weight excluding hydrogens is 215 g/mol. The van der Waals surface area contributed by atoms with E-state index < -0.39 is 0 Å². The fourth-order valence-electron chi connectivity index (χ4n) is 0.572. The highest BCUT2D eigenvalue weighted by atomic mass is 79.9. The number of nitrogens with zero attached hydrogens (tertiary/aromatic N) is 1. The fraction of sp³-hybridized carbons (Fsp3) is 0.167. The molecule has 0 amide bonds. The van der Waals surface area contributed by atoms with Gasteiger partial charge in [0.05, 0.1) is 5.88 Å². The molecule has 0 saturated carbocycles. The van der Waals surface area contributed by atoms with Crippen LogP contribution in [0.3, 0.4) is 0 Å². The van der Waals surface area contributed by atoms with Crippen molar-refractivity contribution in [3.8, 4) is 0 Å². The Hall–Kier alpha value is -0.280. The number of rotatable bonds is 1. The number of alkyl halides is 1. The van der Waals surface area contributed by atoms with Crippen LogP contribution >= 0.6 is 27.5 Å². The topological polar surface area (TPSA) is 38.9 Å². The quantitative estimate of drug-likeness (QED) is 0.738. The highest BCUT2D eigenvalue weighted by molar-refractivity contribution is 9.10. The van der Waals surface area contributed by atoms with E-state index in [1.165, 1.54) is 0 Å². The second kappa shape index (κ2) is 3.21. The molecule has 1 rings (SSSR count). The van der Waals surface area contributed by atoms with E-state index in [-0.39, 0.29) is 0 Å². The van der Waals surface area contributed by atoms with E-state index >= 15 is 0 Å². The average molecular weight is 221 g/mol. The molecule has 0 unspecified atom stereocenters. The normalized spacial score (nSPS) is 9.80. The van der Waals surface area contributed by atoms with E-state index in [9.17, 15) is 0 Å². The Kier molecular flexibility index (Phi) is 2.51. The second-order valence-corrected chi connectivity index (χ2v) is 2.96. The van der Waals surface area contributed by atoms with Gasteiger partial charge in [-0.1, -0.05) is 15.9 Å². The first kappa shape index (κ1) is 7.82. The standard InChI is InChI=1S/C6H6BrClN2/c7-5-1-6(9)10-3-4(5)2-8/h1,3H,2H2,(H2,9,10). The van der Waals surface area contributed by atoms with Crippen molar-refractivity contribution in [1.82, 2.24) is 4.98 Å². The molecule has 0 saturated heterocycles. The molecule has 0 aliphatic rings. The summed E-state index contributed by atoms with van der Waals surface area (Å²) in [7, 11) is 0. The summed E-state index contributed by atoms with van der Waals surface area (Å²) in [5.41, 5.74) is 6.35. The number of halogens is 2. The van der Waals surface area contributed by atoms with E-state index in [0.29, 0.717) is 11.7 Å². The molecule has 0 bridgehead atoms. The van der Waals surface area contributed by atoms with Gasteiger partial charge >= 0.3 is 0 Å². The fourth-order valence-corrected chi connectivity index (χ4v) is 1.42. The molecule has 54 valence electrons. The third-order valence-electron chi connectivity index (χ3n) is 1.09. The molecule has 0 aromatic carbocycles. The van der Waals surface area contributed by atoms with Gasteiger partial charge in [-0.25, -0.2) is 4.98 Å². The maximum atomic E-state index is 5.57. The number of pyridine rings is 1. The molecular formula is C6H6BrClN2. The largest absolute Gasteiger partial charge is 0.384 e. The zero-order chi connectivity index (χ0) is 7.56. The van der Waals surface area contributed by atoms with Gasteiger partial charge in [-0.15, -0.1) is 11.6 Å². The minimum absolute atomic E-state index is 0.452. The Morgan fingerprint density at radius 1 is 1.70 bits per heavy atom. The lowest BCUT2D eigenvalue weighted by Crippen LogP contribution is -1.91. The smallest absolute Gasteiger partial charge is 0.124 e. The molecule has 0 aliphatic heterocycles. The van der Waals surface area contributed by atoms with Crippen molar-refractivity contribution >= 4 is 33.3 Å². The molecule has 0 aliphatic carbocycles. The number of nitrogen functional groups attached to an aromatic ring is 1. The van der Waals surface area contributed by atoms with Gasteiger partial charge in [0.2, 0.25) is 0 Å². The van der Waals surface area contributed by atoms with Crippen molar-refractivity contribution in [2.45, 2.75) is 5.88 Å². The summed E-state index contributed by atoms with van der Waals surface area (Å²) in [5, 5.41) is 0. The molecule has 0 atom stereocenters. The number of nitrogens with two attached hydrogens (primary N) is 1. The van der Waals surface area contributed by atoms with Crippen LogP contribution in [0.25, 0.3) is 0 Å². The van der Waals surface area contributed by atoms with Gasteiger partial charge < -0.3 is 5.73 Å². The van der Waals surface area contributed by atoms with Crippen LogP contribution in [0.4, 0.5) is 5.82 Å². The van der Waals surface area contributed by atoms with Crippen molar-refractivity contribution in [2.75, 3.05) is 5.73 Å². The lowest BCUT2D eigenvalue weighted by Gasteiger charge is -1.98. The van der Waals surface area contributed by atoms with E-state index in [1.54, 1.807) is 12.3 Å². The average Bonchev–Trinajstić information content (AvgIpc) is 1.88. The third kappa shape index (κ3) is 1.61. The number of hydrogen-bond donors (Lipinski definition) is 1. The number of hydrogen-bond acceptors (Lipinski definition) is 2. The highest BCUT2D eigenvalue weighted by Crippen LogP contribution is 2.18. The van der Waals surface area contributed by atoms with Gasteiger partial charge in [0.25, 0.3) is 0 Å². The van der Waals surface area contributed by atoms with Crippen LogP contribution in [-0.4, -0.2) is 4.98 Å². The Balaban J connectivity index is 3.07. The molecule has 1 heterocycles. The second-order valence-electron chi connectivity index (χ2n) is 1.83. The maximum Gasteiger partial charge on any atom is 0.124 e. The molecule has 0 radical (unpaired) electrons. The summed E-state index contributed by atoms with van der Waals surface area (Å²) in [6.45, 7) is 0. The van der Waals surface area contributed by atoms with Crippen LogP contribution < -0.4 is 5.73 Å². The van der Waals surface area contributed by atoms with Crippen LogP contribution in [0.2, 0.25) is 0 Å². The summed E-state index contributed by atoms with van der Waals surface area (Å²) < 4.78 is 0.912. The van der Waals surface area contributed by atoms with Crippen molar-refractivity contribution in [3.05, 3.63) is 22.3 Å². The molecule has 0 fully saturated rings. The van der Waals surface area contributed by atoms with Gasteiger partial charge in [0, 0.05) is 10.7 Å². The van der Waals surface area contributed by atoms with Gasteiger partial charge in [0.1, 0.15) is 5.82 Å². The van der Waals surface area contributed by atoms with Gasteiger partial charge in [0.15, 0.2) is 0 Å². The lowest BCUT2D eigenvalue weighted by molar-refractivity contribution is 1.24. The first-order chi connectivity index (χ1) is 4.74. The van der Waals surface area contributed by atoms with E-state index in [0.717, 1.165) is 10.0 Å². The predicted octanol–water partition coefficient (Wildman–Crippen LogP) is 2.17. The lowest BCUT2D eigenvalue weighted by atomic mass is 10.3. The van der Waals surface area contributed by atoms with Crippen LogP contribution in [0, 0.1) is 0 Å². The molecule has 2 nitrogen and oxygen atoms in total. The number of anilines is 1. The third-order valence-corrected chi connectivity index (χ3v) is 2.12. The van der Waals surface area contributed by atoms with Crippen LogP contribution in [-0.2, 0) is 5.88 Å². The van der Waals surface area contributed by atoms with Gasteiger partial charge in [-0.05, 0) is 11.6 Å². The summed E-state index contributed by atoms with van der Waals surface area (Å²) in [6, 6.07) is 1.73. The maximum absolute atomic E-state index is 5.57. The van der Waals surface area contributed by atoms with Gasteiger partial charge in [-0.2, -0.15) is 0 Å². The van der Waals surface area contributed by atoms with Crippen molar-refractivity contribution < 1.29 is 0 Å². The minimum atomic E-state index is 0.452. The van der Waals surface area contributed by atoms with Crippen molar-refractivity contribution in [2.24, 2.45) is 0 Å². The van der Waals surface area contributed by atoms with Gasteiger partial charge in [-0.3, -0.25) is 0 Å². The van der Waals surface area contributed by atoms with Crippen LogP contribution in [0.15, 0.2) is 16.7 Å². The van der Waals surface area contributed by atoms with E-state index in [1.807, 2.05) is 0 Å². The zero-order valence-corrected chi connectivity index (χ0v) is 7.48. The first-order valence-electron chi connectivity index (χ1n) is 2.70. The Morgan fingerprint density at radius 3 is 2.90 bits per heavy atom. The summed E-state index contributed by atoms with van der Waals surface area (Å²) in [4.78, 5) is 3.87. The van der Waals surface area contributed by atoms with Crippen LogP contribution in [0.1, 0.15) is 5.56 Å². The summed E-state index contributed by atoms with van der Waals surface area (Å²) in [6.07, 6.45) is 1.66.